The number of nitro groups is 2. The Hall–Kier alpha value is -2.94. The molecule has 0 unspecified atom stereocenters. The lowest BCUT2D eigenvalue weighted by molar-refractivity contribution is -0.385. The lowest BCUT2D eigenvalue weighted by Gasteiger charge is -1.98. The Morgan fingerprint density at radius 2 is 1.22 bits per heavy atom. The predicted molar refractivity (Wildman–Crippen MR) is 87.2 cm³/mol. The van der Waals surface area contributed by atoms with E-state index in [-0.39, 0.29) is 11.4 Å². The molecule has 0 spiro atoms. The quantitative estimate of drug-likeness (QED) is 0.604. The number of nitro benzene ring substituents is 2. The van der Waals surface area contributed by atoms with E-state index in [4.69, 9.17) is 0 Å². The summed E-state index contributed by atoms with van der Waals surface area (Å²) in [5.41, 5.74) is 2.53. The third-order valence-electron chi connectivity index (χ3n) is 3.06. The van der Waals surface area contributed by atoms with E-state index in [1.54, 1.807) is 26.0 Å². The number of aryl methyl sites for hydroxylation is 2. The Labute approximate surface area is 135 Å². The first-order valence-corrected chi connectivity index (χ1v) is 7.20. The first-order valence-electron chi connectivity index (χ1n) is 6.47. The maximum Gasteiger partial charge on any atom is 0.269 e. The molecule has 0 fully saturated rings. The second kappa shape index (κ2) is 6.88. The molecular weight excluding hydrogens is 320 g/mol. The molecule has 0 amide bonds. The van der Waals surface area contributed by atoms with E-state index in [1.165, 1.54) is 24.3 Å². The highest BCUT2D eigenvalue weighted by Gasteiger charge is 2.08. The van der Waals surface area contributed by atoms with Crippen LogP contribution in [0.4, 0.5) is 22.7 Å². The molecule has 2 rings (SSSR count). The van der Waals surface area contributed by atoms with Gasteiger partial charge in [0.15, 0.2) is 0 Å². The van der Waals surface area contributed by atoms with E-state index in [0.29, 0.717) is 22.5 Å². The van der Waals surface area contributed by atoms with Gasteiger partial charge >= 0.3 is 0 Å². The molecular formula is C14H12N4O4S. The molecule has 0 radical (unpaired) electrons. The monoisotopic (exact) mass is 332 g/mol. The van der Waals surface area contributed by atoms with Gasteiger partial charge in [-0.05, 0) is 37.1 Å². The Balaban J connectivity index is 2.28. The van der Waals surface area contributed by atoms with Gasteiger partial charge in [-0.2, -0.15) is 8.73 Å². The van der Waals surface area contributed by atoms with Crippen molar-refractivity contribution in [2.45, 2.75) is 13.8 Å². The largest absolute Gasteiger partial charge is 0.269 e. The molecule has 0 heterocycles. The van der Waals surface area contributed by atoms with Gasteiger partial charge in [0.05, 0.1) is 32.6 Å². The fourth-order valence-corrected chi connectivity index (χ4v) is 2.45. The molecule has 118 valence electrons. The molecule has 2 aromatic carbocycles. The van der Waals surface area contributed by atoms with Gasteiger partial charge < -0.3 is 0 Å². The average Bonchev–Trinajstić information content (AvgIpc) is 2.49. The average molecular weight is 332 g/mol. The predicted octanol–water partition coefficient (Wildman–Crippen LogP) is 4.53. The zero-order valence-corrected chi connectivity index (χ0v) is 13.1. The molecule has 0 saturated heterocycles. The van der Waals surface area contributed by atoms with E-state index < -0.39 is 9.85 Å². The maximum absolute atomic E-state index is 10.7. The summed E-state index contributed by atoms with van der Waals surface area (Å²) >= 11 is 0.927. The third kappa shape index (κ3) is 4.04. The van der Waals surface area contributed by atoms with Gasteiger partial charge in [-0.15, -0.1) is 0 Å². The van der Waals surface area contributed by atoms with E-state index in [1.807, 2.05) is 0 Å². The fraction of sp³-hybridized carbons (Fsp3) is 0.143. The second-order valence-corrected chi connectivity index (χ2v) is 5.25. The smallest absolute Gasteiger partial charge is 0.258 e. The molecule has 0 N–H and O–H groups in total. The molecule has 0 saturated carbocycles. The molecule has 23 heavy (non-hydrogen) atoms. The van der Waals surface area contributed by atoms with Gasteiger partial charge in [0, 0.05) is 24.3 Å². The fourth-order valence-electron chi connectivity index (χ4n) is 1.82. The molecule has 0 aliphatic carbocycles. The summed E-state index contributed by atoms with van der Waals surface area (Å²) < 4.78 is 8.39. The minimum absolute atomic E-state index is 0.00889. The Kier molecular flexibility index (Phi) is 4.91. The summed E-state index contributed by atoms with van der Waals surface area (Å²) in [6, 6.07) is 8.75. The molecule has 0 aromatic heterocycles. The summed E-state index contributed by atoms with van der Waals surface area (Å²) in [7, 11) is 0. The molecule has 2 aromatic rings. The number of hydrogen-bond acceptors (Lipinski definition) is 6. The number of rotatable bonds is 4. The SMILES string of the molecule is Cc1cc([N+](=O)[O-])ccc1N=S=Nc1ccc([N+](=O)[O-])cc1C. The zero-order chi connectivity index (χ0) is 17.0. The summed E-state index contributed by atoms with van der Waals surface area (Å²) in [5.74, 6) is 0. The molecule has 0 bridgehead atoms. The van der Waals surface area contributed by atoms with E-state index in [9.17, 15) is 20.2 Å². The van der Waals surface area contributed by atoms with Crippen molar-refractivity contribution in [3.05, 3.63) is 67.8 Å². The minimum atomic E-state index is -0.464. The number of hydrogen-bond donors (Lipinski definition) is 0. The van der Waals surface area contributed by atoms with Crippen molar-refractivity contribution in [1.29, 1.82) is 0 Å². The minimum Gasteiger partial charge on any atom is -0.258 e. The van der Waals surface area contributed by atoms with E-state index >= 15 is 0 Å². The maximum atomic E-state index is 10.7. The second-order valence-electron chi connectivity index (χ2n) is 4.72. The highest BCUT2D eigenvalue weighted by atomic mass is 32.1. The van der Waals surface area contributed by atoms with Gasteiger partial charge in [0.25, 0.3) is 11.4 Å². The Morgan fingerprint density at radius 3 is 1.52 bits per heavy atom. The van der Waals surface area contributed by atoms with Crippen LogP contribution in [0.15, 0.2) is 45.1 Å². The van der Waals surface area contributed by atoms with Crippen molar-refractivity contribution in [3.8, 4) is 0 Å². The lowest BCUT2D eigenvalue weighted by Crippen LogP contribution is -1.88. The Bertz CT molecular complexity index is 792. The van der Waals surface area contributed by atoms with E-state index in [2.05, 4.69) is 8.73 Å². The molecule has 9 heteroatoms. The van der Waals surface area contributed by atoms with Crippen LogP contribution in [0, 0.1) is 34.1 Å². The standard InChI is InChI=1S/C14H12N4O4S/c1-9-7-11(17(19)20)3-5-13(9)15-23-16-14-6-4-12(18(21)22)8-10(14)2/h3-8H,1-2H3. The van der Waals surface area contributed by atoms with Crippen molar-refractivity contribution in [2.24, 2.45) is 8.73 Å². The van der Waals surface area contributed by atoms with Crippen LogP contribution < -0.4 is 0 Å². The van der Waals surface area contributed by atoms with Crippen LogP contribution in [0.25, 0.3) is 0 Å². The summed E-state index contributed by atoms with van der Waals surface area (Å²) in [4.78, 5) is 20.4. The van der Waals surface area contributed by atoms with Crippen molar-refractivity contribution >= 4 is 34.1 Å². The van der Waals surface area contributed by atoms with Gasteiger partial charge in [-0.3, -0.25) is 20.2 Å². The zero-order valence-electron chi connectivity index (χ0n) is 12.3. The lowest BCUT2D eigenvalue weighted by atomic mass is 10.2. The van der Waals surface area contributed by atoms with Crippen molar-refractivity contribution in [1.82, 2.24) is 0 Å². The summed E-state index contributed by atoms with van der Waals surface area (Å²) in [6.07, 6.45) is 0. The Morgan fingerprint density at radius 1 is 0.826 bits per heavy atom. The number of nitrogens with zero attached hydrogens (tertiary/aromatic N) is 4. The van der Waals surface area contributed by atoms with Gasteiger partial charge in [0.2, 0.25) is 0 Å². The highest BCUT2D eigenvalue weighted by Crippen LogP contribution is 2.25. The first kappa shape index (κ1) is 16.4. The van der Waals surface area contributed by atoms with Crippen LogP contribution in [-0.4, -0.2) is 9.85 Å². The topological polar surface area (TPSA) is 111 Å². The number of benzene rings is 2. The van der Waals surface area contributed by atoms with Crippen LogP contribution in [0.1, 0.15) is 11.1 Å². The molecule has 0 aliphatic rings. The van der Waals surface area contributed by atoms with Crippen LogP contribution in [0.5, 0.6) is 0 Å². The van der Waals surface area contributed by atoms with Gasteiger partial charge in [-0.25, -0.2) is 0 Å². The number of non-ortho nitro benzene ring substituents is 2. The van der Waals surface area contributed by atoms with E-state index in [0.717, 1.165) is 11.4 Å². The first-order chi connectivity index (χ1) is 10.9. The summed E-state index contributed by atoms with van der Waals surface area (Å²) in [6.45, 7) is 3.45. The van der Waals surface area contributed by atoms with Crippen molar-refractivity contribution < 1.29 is 9.85 Å². The van der Waals surface area contributed by atoms with Crippen LogP contribution in [0.2, 0.25) is 0 Å². The van der Waals surface area contributed by atoms with Crippen LogP contribution in [-0.2, 0) is 11.4 Å². The highest BCUT2D eigenvalue weighted by molar-refractivity contribution is 7.57. The molecule has 8 nitrogen and oxygen atoms in total. The van der Waals surface area contributed by atoms with Crippen LogP contribution in [0.3, 0.4) is 0 Å². The van der Waals surface area contributed by atoms with Gasteiger partial charge in [-0.1, -0.05) is 0 Å². The van der Waals surface area contributed by atoms with Gasteiger partial charge in [0.1, 0.15) is 0 Å². The van der Waals surface area contributed by atoms with Crippen molar-refractivity contribution in [3.63, 3.8) is 0 Å². The normalized spacial score (nSPS) is 10.0. The van der Waals surface area contributed by atoms with Crippen molar-refractivity contribution in [2.75, 3.05) is 0 Å². The third-order valence-corrected chi connectivity index (χ3v) is 3.62. The summed E-state index contributed by atoms with van der Waals surface area (Å²) in [5, 5.41) is 21.4. The van der Waals surface area contributed by atoms with Crippen LogP contribution >= 0.6 is 0 Å². The molecule has 0 atom stereocenters. The molecule has 0 aliphatic heterocycles.